The van der Waals surface area contributed by atoms with E-state index in [0.29, 0.717) is 0 Å². The second kappa shape index (κ2) is 4.88. The van der Waals surface area contributed by atoms with Crippen LogP contribution in [0.4, 0.5) is 0 Å². The van der Waals surface area contributed by atoms with Gasteiger partial charge in [0.1, 0.15) is 11.9 Å². The first kappa shape index (κ1) is 13.0. The van der Waals surface area contributed by atoms with E-state index in [4.69, 9.17) is 4.74 Å². The fraction of sp³-hybridized carbons (Fsp3) is 0.571. The van der Waals surface area contributed by atoms with Crippen LogP contribution in [0, 0.1) is 0 Å². The molecule has 2 heteroatoms. The van der Waals surface area contributed by atoms with Crippen LogP contribution in [-0.4, -0.2) is 17.3 Å². The number of hydrogen-bond acceptors (Lipinski definition) is 2. The summed E-state index contributed by atoms with van der Waals surface area (Å²) < 4.78 is 5.59. The molecule has 0 aliphatic heterocycles. The zero-order valence-corrected chi connectivity index (χ0v) is 10.8. The highest BCUT2D eigenvalue weighted by atomic mass is 16.5. The summed E-state index contributed by atoms with van der Waals surface area (Å²) in [5.41, 5.74) is 1.44. The minimum atomic E-state index is -0.456. The van der Waals surface area contributed by atoms with Gasteiger partial charge in [-0.3, -0.25) is 0 Å². The third kappa shape index (κ3) is 3.53. The quantitative estimate of drug-likeness (QED) is 0.851. The van der Waals surface area contributed by atoms with Gasteiger partial charge in [-0.1, -0.05) is 32.9 Å². The predicted molar refractivity (Wildman–Crippen MR) is 66.9 cm³/mol. The first-order chi connectivity index (χ1) is 7.30. The van der Waals surface area contributed by atoms with E-state index < -0.39 is 6.10 Å². The molecule has 2 atom stereocenters. The van der Waals surface area contributed by atoms with Crippen LogP contribution in [-0.2, 0) is 5.41 Å². The third-order valence-electron chi connectivity index (χ3n) is 2.72. The molecule has 0 aliphatic rings. The van der Waals surface area contributed by atoms with Gasteiger partial charge in [0.05, 0.1) is 6.10 Å². The predicted octanol–water partition coefficient (Wildman–Crippen LogP) is 3.13. The van der Waals surface area contributed by atoms with Gasteiger partial charge in [0.15, 0.2) is 0 Å². The van der Waals surface area contributed by atoms with Crippen molar-refractivity contribution in [3.05, 3.63) is 29.8 Å². The smallest absolute Gasteiger partial charge is 0.121 e. The van der Waals surface area contributed by atoms with E-state index in [2.05, 4.69) is 32.9 Å². The van der Waals surface area contributed by atoms with Crippen molar-refractivity contribution < 1.29 is 9.84 Å². The Kier molecular flexibility index (Phi) is 3.98. The highest BCUT2D eigenvalue weighted by Gasteiger charge is 2.14. The summed E-state index contributed by atoms with van der Waals surface area (Å²) in [7, 11) is 0. The van der Waals surface area contributed by atoms with Crippen molar-refractivity contribution in [2.24, 2.45) is 0 Å². The standard InChI is InChI=1S/C14H22O2/c1-10(15)11(2)16-13-8-6-12(7-9-13)14(3,4)5/h6-11,15H,1-5H3/t10-,11?/m1/s1. The second-order valence-electron chi connectivity index (χ2n) is 5.34. The summed E-state index contributed by atoms with van der Waals surface area (Å²) >= 11 is 0. The Hall–Kier alpha value is -1.02. The van der Waals surface area contributed by atoms with Crippen LogP contribution in [0.25, 0.3) is 0 Å². The zero-order chi connectivity index (χ0) is 12.3. The van der Waals surface area contributed by atoms with Crippen LogP contribution in [0.1, 0.15) is 40.2 Å². The Balaban J connectivity index is 2.72. The minimum absolute atomic E-state index is 0.161. The molecule has 1 unspecified atom stereocenters. The molecule has 1 N–H and O–H groups in total. The summed E-state index contributed by atoms with van der Waals surface area (Å²) in [6.45, 7) is 10.1. The molecule has 1 rings (SSSR count). The van der Waals surface area contributed by atoms with E-state index in [1.165, 1.54) is 5.56 Å². The van der Waals surface area contributed by atoms with Crippen LogP contribution in [0.2, 0.25) is 0 Å². The van der Waals surface area contributed by atoms with E-state index in [1.807, 2.05) is 19.1 Å². The van der Waals surface area contributed by atoms with Crippen molar-refractivity contribution in [1.82, 2.24) is 0 Å². The average molecular weight is 222 g/mol. The number of aliphatic hydroxyl groups excluding tert-OH is 1. The first-order valence-corrected chi connectivity index (χ1v) is 5.76. The van der Waals surface area contributed by atoms with Gasteiger partial charge in [0.25, 0.3) is 0 Å². The molecule has 0 aliphatic carbocycles. The van der Waals surface area contributed by atoms with Gasteiger partial charge in [-0.05, 0) is 37.0 Å². The molecule has 0 radical (unpaired) electrons. The van der Waals surface area contributed by atoms with Crippen LogP contribution in [0.3, 0.4) is 0 Å². The molecule has 0 bridgehead atoms. The van der Waals surface area contributed by atoms with Gasteiger partial charge in [-0.15, -0.1) is 0 Å². The molecule has 0 amide bonds. The Morgan fingerprint density at radius 2 is 1.56 bits per heavy atom. The Morgan fingerprint density at radius 1 is 1.06 bits per heavy atom. The molecule has 0 saturated carbocycles. The van der Waals surface area contributed by atoms with Gasteiger partial charge in [-0.2, -0.15) is 0 Å². The van der Waals surface area contributed by atoms with Crippen LogP contribution < -0.4 is 4.74 Å². The molecule has 0 heterocycles. The summed E-state index contributed by atoms with van der Waals surface area (Å²) in [4.78, 5) is 0. The van der Waals surface area contributed by atoms with Gasteiger partial charge in [0.2, 0.25) is 0 Å². The molecule has 0 spiro atoms. The number of ether oxygens (including phenoxy) is 1. The van der Waals surface area contributed by atoms with Crippen molar-refractivity contribution >= 4 is 0 Å². The van der Waals surface area contributed by atoms with Gasteiger partial charge >= 0.3 is 0 Å². The lowest BCUT2D eigenvalue weighted by Crippen LogP contribution is -2.25. The Morgan fingerprint density at radius 3 is 1.94 bits per heavy atom. The molecule has 16 heavy (non-hydrogen) atoms. The maximum Gasteiger partial charge on any atom is 0.121 e. The Bertz CT molecular complexity index is 320. The van der Waals surface area contributed by atoms with Crippen molar-refractivity contribution in [3.8, 4) is 5.75 Å². The number of hydrogen-bond donors (Lipinski definition) is 1. The zero-order valence-electron chi connectivity index (χ0n) is 10.8. The molecule has 90 valence electrons. The first-order valence-electron chi connectivity index (χ1n) is 5.76. The molecule has 1 aromatic rings. The van der Waals surface area contributed by atoms with Crippen LogP contribution in [0.5, 0.6) is 5.75 Å². The number of rotatable bonds is 3. The molecule has 2 nitrogen and oxygen atoms in total. The lowest BCUT2D eigenvalue weighted by atomic mass is 9.87. The topological polar surface area (TPSA) is 29.5 Å². The molecule has 1 aromatic carbocycles. The normalized spacial score (nSPS) is 15.6. The van der Waals surface area contributed by atoms with Crippen molar-refractivity contribution in [3.63, 3.8) is 0 Å². The summed E-state index contributed by atoms with van der Waals surface area (Å²) in [6.07, 6.45) is -0.636. The van der Waals surface area contributed by atoms with Gasteiger partial charge in [0, 0.05) is 0 Å². The van der Waals surface area contributed by atoms with Gasteiger partial charge in [-0.25, -0.2) is 0 Å². The summed E-state index contributed by atoms with van der Waals surface area (Å²) in [5.74, 6) is 0.807. The minimum Gasteiger partial charge on any atom is -0.488 e. The molecular weight excluding hydrogens is 200 g/mol. The second-order valence-corrected chi connectivity index (χ2v) is 5.34. The largest absolute Gasteiger partial charge is 0.488 e. The average Bonchev–Trinajstić information content (AvgIpc) is 2.17. The number of benzene rings is 1. The Labute approximate surface area is 98.3 Å². The van der Waals surface area contributed by atoms with Crippen molar-refractivity contribution in [2.45, 2.75) is 52.2 Å². The molecule has 0 fully saturated rings. The SMILES string of the molecule is CC(Oc1ccc(C(C)(C)C)cc1)[C@@H](C)O. The summed E-state index contributed by atoms with van der Waals surface area (Å²) in [5, 5.41) is 9.34. The highest BCUT2D eigenvalue weighted by Crippen LogP contribution is 2.24. The van der Waals surface area contributed by atoms with E-state index in [1.54, 1.807) is 6.92 Å². The van der Waals surface area contributed by atoms with E-state index >= 15 is 0 Å². The van der Waals surface area contributed by atoms with E-state index in [0.717, 1.165) is 5.75 Å². The number of aliphatic hydroxyl groups is 1. The van der Waals surface area contributed by atoms with E-state index in [-0.39, 0.29) is 11.5 Å². The molecule has 0 aromatic heterocycles. The fourth-order valence-corrected chi connectivity index (χ4v) is 1.35. The third-order valence-corrected chi connectivity index (χ3v) is 2.72. The monoisotopic (exact) mass is 222 g/mol. The van der Waals surface area contributed by atoms with Crippen LogP contribution in [0.15, 0.2) is 24.3 Å². The molecule has 0 saturated heterocycles. The lowest BCUT2D eigenvalue weighted by Gasteiger charge is -2.21. The van der Waals surface area contributed by atoms with Crippen molar-refractivity contribution in [1.29, 1.82) is 0 Å². The van der Waals surface area contributed by atoms with E-state index in [9.17, 15) is 5.11 Å². The highest BCUT2D eigenvalue weighted by molar-refractivity contribution is 5.31. The van der Waals surface area contributed by atoms with Crippen molar-refractivity contribution in [2.75, 3.05) is 0 Å². The lowest BCUT2D eigenvalue weighted by molar-refractivity contribution is 0.0604. The maximum atomic E-state index is 9.34. The van der Waals surface area contributed by atoms with Crippen LogP contribution >= 0.6 is 0 Å². The fourth-order valence-electron chi connectivity index (χ4n) is 1.35. The summed E-state index contributed by atoms with van der Waals surface area (Å²) in [6, 6.07) is 8.06. The maximum absolute atomic E-state index is 9.34. The van der Waals surface area contributed by atoms with Gasteiger partial charge < -0.3 is 9.84 Å². The molecular formula is C14H22O2.